The van der Waals surface area contributed by atoms with E-state index in [0.717, 1.165) is 11.1 Å². The lowest BCUT2D eigenvalue weighted by Gasteiger charge is -2.14. The van der Waals surface area contributed by atoms with Gasteiger partial charge in [0.2, 0.25) is 5.78 Å². The molecule has 0 bridgehead atoms. The number of aromatic nitrogens is 2. The Balaban J connectivity index is 1.50. The number of pyridine rings is 1. The van der Waals surface area contributed by atoms with Gasteiger partial charge in [-0.25, -0.2) is 4.79 Å². The summed E-state index contributed by atoms with van der Waals surface area (Å²) in [7, 11) is 3.36. The van der Waals surface area contributed by atoms with Gasteiger partial charge in [-0.05, 0) is 17.7 Å². The first kappa shape index (κ1) is 22.7. The second-order valence-corrected chi connectivity index (χ2v) is 9.30. The van der Waals surface area contributed by atoms with Crippen LogP contribution in [0.1, 0.15) is 26.9 Å². The fourth-order valence-electron chi connectivity index (χ4n) is 3.95. The smallest absolute Gasteiger partial charge is 0.328 e. The third-order valence-electron chi connectivity index (χ3n) is 5.70. The summed E-state index contributed by atoms with van der Waals surface area (Å²) < 4.78 is 7.62. The zero-order valence-electron chi connectivity index (χ0n) is 19.3. The Morgan fingerprint density at radius 1 is 1.09 bits per heavy atom. The first-order chi connectivity index (χ1) is 17.0. The number of amides is 1. The van der Waals surface area contributed by atoms with Gasteiger partial charge in [-0.1, -0.05) is 48.5 Å². The van der Waals surface area contributed by atoms with E-state index in [1.54, 1.807) is 32.7 Å². The molecule has 0 spiro atoms. The number of carbonyl (C=O) groups excluding carboxylic acids is 2. The molecule has 8 heteroatoms. The quantitative estimate of drug-likeness (QED) is 0.379. The minimum Gasteiger partial charge on any atom is -0.487 e. The molecule has 2 aromatic heterocycles. The van der Waals surface area contributed by atoms with Crippen molar-refractivity contribution in [3.63, 3.8) is 0 Å². The zero-order valence-corrected chi connectivity index (χ0v) is 20.2. The van der Waals surface area contributed by atoms with Gasteiger partial charge in [-0.3, -0.25) is 14.3 Å². The van der Waals surface area contributed by atoms with Crippen LogP contribution >= 0.6 is 11.8 Å². The number of nitrogens with one attached hydrogen (secondary N) is 1. The van der Waals surface area contributed by atoms with E-state index in [1.165, 1.54) is 21.2 Å². The van der Waals surface area contributed by atoms with Crippen LogP contribution in [0.15, 0.2) is 90.4 Å². The average molecular weight is 485 g/mol. The van der Waals surface area contributed by atoms with Gasteiger partial charge in [0, 0.05) is 49.0 Å². The van der Waals surface area contributed by atoms with Crippen LogP contribution in [0.5, 0.6) is 5.75 Å². The molecule has 0 aliphatic carbocycles. The maximum absolute atomic E-state index is 13.6. The van der Waals surface area contributed by atoms with Gasteiger partial charge in [0.1, 0.15) is 23.2 Å². The van der Waals surface area contributed by atoms with Gasteiger partial charge < -0.3 is 15.0 Å². The minimum atomic E-state index is -0.263. The van der Waals surface area contributed by atoms with Crippen LogP contribution < -0.4 is 10.1 Å². The normalized spacial score (nSPS) is 14.9. The Bertz CT molecular complexity index is 1410. The van der Waals surface area contributed by atoms with Crippen LogP contribution in [-0.2, 0) is 6.61 Å². The highest BCUT2D eigenvalue weighted by Gasteiger charge is 2.28. The second-order valence-electron chi connectivity index (χ2n) is 8.32. The predicted molar refractivity (Wildman–Crippen MR) is 137 cm³/mol. The first-order valence-electron chi connectivity index (χ1n) is 11.1. The molecule has 1 N–H and O–H groups in total. The van der Waals surface area contributed by atoms with Crippen molar-refractivity contribution in [3.05, 3.63) is 107 Å². The van der Waals surface area contributed by atoms with Gasteiger partial charge in [-0.2, -0.15) is 0 Å². The molecule has 2 aromatic carbocycles. The van der Waals surface area contributed by atoms with Crippen LogP contribution in [0.25, 0.3) is 10.9 Å². The van der Waals surface area contributed by atoms with Crippen molar-refractivity contribution >= 4 is 34.5 Å². The number of rotatable bonds is 6. The number of fused-ring (bicyclic) bond motifs is 1. The van der Waals surface area contributed by atoms with E-state index in [1.807, 2.05) is 66.1 Å². The summed E-state index contributed by atoms with van der Waals surface area (Å²) in [5, 5.41) is 5.68. The molecule has 176 valence electrons. The van der Waals surface area contributed by atoms with Gasteiger partial charge in [0.25, 0.3) is 0 Å². The highest BCUT2D eigenvalue weighted by atomic mass is 32.2. The highest BCUT2D eigenvalue weighted by molar-refractivity contribution is 8.02. The number of Topliss-reactive ketones (excluding diaryl/α,β-unsaturated/α-hetero) is 1. The Morgan fingerprint density at radius 2 is 1.91 bits per heavy atom. The van der Waals surface area contributed by atoms with E-state index in [4.69, 9.17) is 4.74 Å². The van der Waals surface area contributed by atoms with E-state index in [2.05, 4.69) is 10.3 Å². The third-order valence-corrected chi connectivity index (χ3v) is 6.73. The van der Waals surface area contributed by atoms with Crippen molar-refractivity contribution in [2.75, 3.05) is 14.1 Å². The number of para-hydroxylation sites is 1. The lowest BCUT2D eigenvalue weighted by molar-refractivity contribution is 0.102. The fraction of sp³-hybridized carbons (Fsp3) is 0.148. The summed E-state index contributed by atoms with van der Waals surface area (Å²) in [5.74, 6) is 0.357. The van der Waals surface area contributed by atoms with Crippen molar-refractivity contribution in [1.82, 2.24) is 19.8 Å². The molecule has 1 unspecified atom stereocenters. The van der Waals surface area contributed by atoms with Crippen LogP contribution in [-0.4, -0.2) is 40.4 Å². The molecular formula is C27H24N4O3S. The molecule has 0 saturated carbocycles. The van der Waals surface area contributed by atoms with E-state index in [0.29, 0.717) is 34.5 Å². The van der Waals surface area contributed by atoms with Gasteiger partial charge in [0.05, 0.1) is 11.3 Å². The molecule has 3 heterocycles. The predicted octanol–water partition coefficient (Wildman–Crippen LogP) is 5.20. The lowest BCUT2D eigenvalue weighted by atomic mass is 10.1. The van der Waals surface area contributed by atoms with Crippen molar-refractivity contribution in [1.29, 1.82) is 0 Å². The standard InChI is InChI=1S/C27H24N4O3S/c1-30(2)27(33)31-15-21(25(32)22-17-35-26(29-22)19-10-7-13-28-14-19)20-11-6-12-23(24(20)31)34-16-18-8-4-3-5-9-18/h3-15,17,26,29H,16H2,1-2H3. The summed E-state index contributed by atoms with van der Waals surface area (Å²) in [4.78, 5) is 32.3. The molecular weight excluding hydrogens is 460 g/mol. The molecule has 1 atom stereocenters. The number of allylic oxidation sites excluding steroid dienone is 1. The summed E-state index contributed by atoms with van der Waals surface area (Å²) >= 11 is 1.52. The summed E-state index contributed by atoms with van der Waals surface area (Å²) in [6, 6.07) is 18.9. The number of hydrogen-bond donors (Lipinski definition) is 1. The molecule has 7 nitrogen and oxygen atoms in total. The van der Waals surface area contributed by atoms with Crippen molar-refractivity contribution in [2.24, 2.45) is 0 Å². The van der Waals surface area contributed by atoms with Crippen molar-refractivity contribution in [3.8, 4) is 5.75 Å². The molecule has 4 aromatic rings. The Kier molecular flexibility index (Phi) is 6.29. The summed E-state index contributed by atoms with van der Waals surface area (Å²) in [5.41, 5.74) is 3.48. The van der Waals surface area contributed by atoms with Gasteiger partial charge >= 0.3 is 6.03 Å². The van der Waals surface area contributed by atoms with E-state index in [9.17, 15) is 9.59 Å². The Hall–Kier alpha value is -4.04. The Labute approximate surface area is 207 Å². The molecule has 0 fully saturated rings. The SMILES string of the molecule is CN(C)C(=O)n1cc(C(=O)C2=CSC(c3cccnc3)N2)c2cccc(OCc3ccccc3)c21. The average Bonchev–Trinajstić information content (AvgIpc) is 3.54. The maximum Gasteiger partial charge on any atom is 0.328 e. The number of hydrogen-bond acceptors (Lipinski definition) is 6. The lowest BCUT2D eigenvalue weighted by Crippen LogP contribution is -2.26. The maximum atomic E-state index is 13.6. The summed E-state index contributed by atoms with van der Waals surface area (Å²) in [6.07, 6.45) is 5.11. The van der Waals surface area contributed by atoms with Crippen molar-refractivity contribution < 1.29 is 14.3 Å². The van der Waals surface area contributed by atoms with Crippen LogP contribution in [0, 0.1) is 0 Å². The minimum absolute atomic E-state index is 0.0934. The zero-order chi connectivity index (χ0) is 24.4. The second kappa shape index (κ2) is 9.68. The number of carbonyl (C=O) groups is 2. The van der Waals surface area contributed by atoms with E-state index >= 15 is 0 Å². The molecule has 1 aliphatic rings. The van der Waals surface area contributed by atoms with Crippen LogP contribution in [0.2, 0.25) is 0 Å². The topological polar surface area (TPSA) is 76.5 Å². The van der Waals surface area contributed by atoms with Gasteiger partial charge in [0.15, 0.2) is 0 Å². The number of ketones is 1. The molecule has 1 aliphatic heterocycles. The number of ether oxygens (including phenoxy) is 1. The molecule has 35 heavy (non-hydrogen) atoms. The van der Waals surface area contributed by atoms with Gasteiger partial charge in [-0.15, -0.1) is 11.8 Å². The highest BCUT2D eigenvalue weighted by Crippen LogP contribution is 2.37. The largest absolute Gasteiger partial charge is 0.487 e. The van der Waals surface area contributed by atoms with Crippen LogP contribution in [0.4, 0.5) is 4.79 Å². The molecule has 1 amide bonds. The van der Waals surface area contributed by atoms with Crippen LogP contribution in [0.3, 0.4) is 0 Å². The monoisotopic (exact) mass is 484 g/mol. The number of thioether (sulfide) groups is 1. The molecule has 5 rings (SSSR count). The number of benzene rings is 2. The third kappa shape index (κ3) is 4.52. The molecule has 0 radical (unpaired) electrons. The first-order valence-corrected chi connectivity index (χ1v) is 12.1. The Morgan fingerprint density at radius 3 is 2.66 bits per heavy atom. The van der Waals surface area contributed by atoms with Crippen molar-refractivity contribution in [2.45, 2.75) is 12.0 Å². The molecule has 0 saturated heterocycles. The fourth-order valence-corrected chi connectivity index (χ4v) is 4.89. The number of nitrogens with zero attached hydrogens (tertiary/aromatic N) is 3. The summed E-state index contributed by atoms with van der Waals surface area (Å²) in [6.45, 7) is 0.348. The van der Waals surface area contributed by atoms with E-state index < -0.39 is 0 Å². The van der Waals surface area contributed by atoms with E-state index in [-0.39, 0.29) is 17.2 Å².